The smallest absolute Gasteiger partial charge is 0.264 e. The number of hydrogen-bond acceptors (Lipinski definition) is 5. The molecule has 34 heavy (non-hydrogen) atoms. The zero-order chi connectivity index (χ0) is 24.3. The highest BCUT2D eigenvalue weighted by Gasteiger charge is 2.28. The highest BCUT2D eigenvalue weighted by molar-refractivity contribution is 7.92. The van der Waals surface area contributed by atoms with E-state index in [4.69, 9.17) is 21.1 Å². The molecular weight excluding hydrogens is 476 g/mol. The number of hydrogen-bond donors (Lipinski definition) is 1. The highest BCUT2D eigenvalue weighted by atomic mass is 35.5. The van der Waals surface area contributed by atoms with Gasteiger partial charge in [-0.1, -0.05) is 29.8 Å². The van der Waals surface area contributed by atoms with Crippen LogP contribution in [-0.2, 0) is 14.8 Å². The largest absolute Gasteiger partial charge is 0.486 e. The Morgan fingerprint density at radius 1 is 1.03 bits per heavy atom. The maximum Gasteiger partial charge on any atom is 0.264 e. The first-order valence-electron chi connectivity index (χ1n) is 10.8. The Balaban J connectivity index is 1.57. The van der Waals surface area contributed by atoms with Gasteiger partial charge in [-0.2, -0.15) is 0 Å². The quantitative estimate of drug-likeness (QED) is 0.516. The van der Waals surface area contributed by atoms with Gasteiger partial charge in [0.05, 0.1) is 16.6 Å². The van der Waals surface area contributed by atoms with Gasteiger partial charge in [-0.3, -0.25) is 9.10 Å². The maximum atomic E-state index is 13.5. The first-order chi connectivity index (χ1) is 16.2. The van der Waals surface area contributed by atoms with Crippen LogP contribution in [0.4, 0.5) is 5.69 Å². The molecule has 4 rings (SSSR count). The molecule has 0 spiro atoms. The molecule has 9 heteroatoms. The summed E-state index contributed by atoms with van der Waals surface area (Å²) in [7, 11) is -4.02. The van der Waals surface area contributed by atoms with E-state index in [1.54, 1.807) is 24.3 Å². The summed E-state index contributed by atoms with van der Waals surface area (Å²) in [6.45, 7) is 4.26. The van der Waals surface area contributed by atoms with Crippen LogP contribution in [0.2, 0.25) is 5.02 Å². The molecule has 1 aliphatic heterocycles. The zero-order valence-electron chi connectivity index (χ0n) is 18.8. The van der Waals surface area contributed by atoms with Crippen LogP contribution in [0.5, 0.6) is 11.5 Å². The van der Waals surface area contributed by atoms with Crippen LogP contribution < -0.4 is 19.1 Å². The van der Waals surface area contributed by atoms with Gasteiger partial charge < -0.3 is 14.8 Å². The predicted molar refractivity (Wildman–Crippen MR) is 131 cm³/mol. The van der Waals surface area contributed by atoms with Crippen molar-refractivity contribution in [3.05, 3.63) is 82.9 Å². The van der Waals surface area contributed by atoms with Gasteiger partial charge in [-0.25, -0.2) is 8.42 Å². The molecule has 0 saturated carbocycles. The fourth-order valence-corrected chi connectivity index (χ4v) is 5.20. The van der Waals surface area contributed by atoms with Crippen LogP contribution in [0, 0.1) is 6.92 Å². The summed E-state index contributed by atoms with van der Waals surface area (Å²) in [4.78, 5) is 13.1. The monoisotopic (exact) mass is 500 g/mol. The number of fused-ring (bicyclic) bond motifs is 1. The van der Waals surface area contributed by atoms with Crippen molar-refractivity contribution in [3.8, 4) is 11.5 Å². The van der Waals surface area contributed by atoms with E-state index in [9.17, 15) is 13.2 Å². The molecule has 1 amide bonds. The molecule has 0 aliphatic carbocycles. The Bertz CT molecular complexity index is 1290. The number of anilines is 1. The lowest BCUT2D eigenvalue weighted by Gasteiger charge is -2.26. The standard InChI is InChI=1S/C25H25ClN2O5S/c1-17-4-3-5-21(14-17)28(34(30,31)22-9-7-20(26)8-10-22)16-25(29)27-18(2)19-6-11-23-24(15-19)33-13-12-32-23/h3-11,14-15,18H,12-13,16H2,1-2H3,(H,27,29)/t18-/m0/s1. The zero-order valence-corrected chi connectivity index (χ0v) is 20.4. The van der Waals surface area contributed by atoms with Gasteiger partial charge in [0, 0.05) is 5.02 Å². The van der Waals surface area contributed by atoms with Crippen LogP contribution in [0.15, 0.2) is 71.6 Å². The number of nitrogens with one attached hydrogen (secondary N) is 1. The number of nitrogens with zero attached hydrogens (tertiary/aromatic N) is 1. The second kappa shape index (κ2) is 9.95. The summed E-state index contributed by atoms with van der Waals surface area (Å²) in [5.74, 6) is 0.839. The van der Waals surface area contributed by atoms with Gasteiger partial charge in [0.25, 0.3) is 10.0 Å². The molecule has 7 nitrogen and oxygen atoms in total. The van der Waals surface area contributed by atoms with Crippen LogP contribution >= 0.6 is 11.6 Å². The Morgan fingerprint density at radius 3 is 2.44 bits per heavy atom. The second-order valence-corrected chi connectivity index (χ2v) is 10.3. The van der Waals surface area contributed by atoms with Crippen molar-refractivity contribution >= 4 is 33.2 Å². The fraction of sp³-hybridized carbons (Fsp3) is 0.240. The van der Waals surface area contributed by atoms with E-state index in [1.165, 1.54) is 24.3 Å². The number of rotatable bonds is 7. The van der Waals surface area contributed by atoms with Crippen molar-refractivity contribution in [2.45, 2.75) is 24.8 Å². The van der Waals surface area contributed by atoms with E-state index in [2.05, 4.69) is 5.32 Å². The minimum Gasteiger partial charge on any atom is -0.486 e. The molecule has 0 unspecified atom stereocenters. The number of aryl methyl sites for hydroxylation is 1. The number of halogens is 1. The minimum atomic E-state index is -4.02. The Hall–Kier alpha value is -3.23. The summed E-state index contributed by atoms with van der Waals surface area (Å²) in [6.07, 6.45) is 0. The summed E-state index contributed by atoms with van der Waals surface area (Å²) in [5, 5.41) is 3.31. The fourth-order valence-electron chi connectivity index (χ4n) is 3.66. The molecular formula is C25H25ClN2O5S. The molecule has 1 heterocycles. The van der Waals surface area contributed by atoms with Crippen LogP contribution in [0.1, 0.15) is 24.1 Å². The minimum absolute atomic E-state index is 0.0473. The molecule has 0 fully saturated rings. The first-order valence-corrected chi connectivity index (χ1v) is 12.6. The molecule has 3 aromatic carbocycles. The lowest BCUT2D eigenvalue weighted by molar-refractivity contribution is -0.120. The molecule has 1 atom stereocenters. The second-order valence-electron chi connectivity index (χ2n) is 8.00. The van der Waals surface area contributed by atoms with Gasteiger partial charge in [0.2, 0.25) is 5.91 Å². The first kappa shape index (κ1) is 23.9. The average Bonchev–Trinajstić information content (AvgIpc) is 2.82. The highest BCUT2D eigenvalue weighted by Crippen LogP contribution is 2.32. The third-order valence-electron chi connectivity index (χ3n) is 5.42. The Kier molecular flexibility index (Phi) is 7.00. The number of sulfonamides is 1. The van der Waals surface area contributed by atoms with Crippen molar-refractivity contribution in [2.75, 3.05) is 24.1 Å². The molecule has 0 saturated heterocycles. The molecule has 1 N–H and O–H groups in total. The molecule has 3 aromatic rings. The van der Waals surface area contributed by atoms with Crippen molar-refractivity contribution in [1.29, 1.82) is 0 Å². The molecule has 0 radical (unpaired) electrons. The lowest BCUT2D eigenvalue weighted by Crippen LogP contribution is -2.41. The summed E-state index contributed by atoms with van der Waals surface area (Å²) < 4.78 is 39.2. The lowest BCUT2D eigenvalue weighted by atomic mass is 10.1. The third-order valence-corrected chi connectivity index (χ3v) is 7.46. The van der Waals surface area contributed by atoms with Crippen molar-refractivity contribution in [1.82, 2.24) is 5.32 Å². The van der Waals surface area contributed by atoms with E-state index in [-0.39, 0.29) is 17.5 Å². The third kappa shape index (κ3) is 5.29. The number of benzene rings is 3. The number of amides is 1. The summed E-state index contributed by atoms with van der Waals surface area (Å²) in [6, 6.07) is 18.0. The van der Waals surface area contributed by atoms with Gasteiger partial charge in [0.1, 0.15) is 19.8 Å². The van der Waals surface area contributed by atoms with Crippen LogP contribution in [0.25, 0.3) is 0 Å². The van der Waals surface area contributed by atoms with Gasteiger partial charge in [-0.05, 0) is 73.5 Å². The summed E-state index contributed by atoms with van der Waals surface area (Å²) >= 11 is 5.93. The molecule has 0 bridgehead atoms. The maximum absolute atomic E-state index is 13.5. The van der Waals surface area contributed by atoms with E-state index in [1.807, 2.05) is 32.0 Å². The van der Waals surface area contributed by atoms with E-state index in [0.29, 0.717) is 35.4 Å². The number of ether oxygens (including phenoxy) is 2. The van der Waals surface area contributed by atoms with E-state index in [0.717, 1.165) is 15.4 Å². The topological polar surface area (TPSA) is 84.9 Å². The van der Waals surface area contributed by atoms with Crippen molar-refractivity contribution in [2.24, 2.45) is 0 Å². The Labute approximate surface area is 204 Å². The van der Waals surface area contributed by atoms with Gasteiger partial charge in [0.15, 0.2) is 11.5 Å². The van der Waals surface area contributed by atoms with Crippen LogP contribution in [0.3, 0.4) is 0 Å². The predicted octanol–water partition coefficient (Wildman–Crippen LogP) is 4.49. The molecule has 178 valence electrons. The van der Waals surface area contributed by atoms with Crippen molar-refractivity contribution < 1.29 is 22.7 Å². The van der Waals surface area contributed by atoms with Crippen LogP contribution in [-0.4, -0.2) is 34.1 Å². The SMILES string of the molecule is Cc1cccc(N(CC(=O)N[C@@H](C)c2ccc3c(c2)OCCO3)S(=O)(=O)c2ccc(Cl)cc2)c1. The van der Waals surface area contributed by atoms with Crippen molar-refractivity contribution in [3.63, 3.8) is 0 Å². The van der Waals surface area contributed by atoms with Gasteiger partial charge in [-0.15, -0.1) is 0 Å². The molecule has 0 aromatic heterocycles. The van der Waals surface area contributed by atoms with E-state index < -0.39 is 15.9 Å². The average molecular weight is 501 g/mol. The molecule has 1 aliphatic rings. The summed E-state index contributed by atoms with van der Waals surface area (Å²) in [5.41, 5.74) is 2.09. The normalized spacial score (nSPS) is 13.7. The van der Waals surface area contributed by atoms with E-state index >= 15 is 0 Å². The number of carbonyl (C=O) groups is 1. The van der Waals surface area contributed by atoms with Gasteiger partial charge >= 0.3 is 0 Å². The Morgan fingerprint density at radius 2 is 1.74 bits per heavy atom. The number of carbonyl (C=O) groups excluding carboxylic acids is 1.